The van der Waals surface area contributed by atoms with E-state index in [1.807, 2.05) is 13.8 Å². The lowest BCUT2D eigenvalue weighted by Crippen LogP contribution is -2.48. The number of likely N-dealkylation sites (tertiary alicyclic amines) is 1. The van der Waals surface area contributed by atoms with Crippen molar-refractivity contribution in [1.82, 2.24) is 15.4 Å². The predicted octanol–water partition coefficient (Wildman–Crippen LogP) is 2.03. The normalized spacial score (nSPS) is 18.3. The van der Waals surface area contributed by atoms with Crippen molar-refractivity contribution in [3.05, 3.63) is 18.0 Å². The standard InChI is InChI=1S/C15H24N4O3.HI/c1-3-16-15(17-10-13-7-9-22-18-13)19-8-5-6-12(11-19)14(20)21-4-2;/h7,9,12H,3-6,8,10-11H2,1-2H3,(H,16,17);1H. The van der Waals surface area contributed by atoms with E-state index in [4.69, 9.17) is 9.26 Å². The van der Waals surface area contributed by atoms with E-state index in [0.29, 0.717) is 19.7 Å². The largest absolute Gasteiger partial charge is 0.466 e. The van der Waals surface area contributed by atoms with Crippen LogP contribution in [0.2, 0.25) is 0 Å². The number of esters is 1. The molecule has 7 nitrogen and oxygen atoms in total. The topological polar surface area (TPSA) is 80.0 Å². The zero-order chi connectivity index (χ0) is 15.8. The SMILES string of the molecule is CCNC(=NCc1ccon1)N1CCCC(C(=O)OCC)C1.I. The molecule has 0 spiro atoms. The number of rotatable bonds is 5. The Balaban J connectivity index is 0.00000264. The van der Waals surface area contributed by atoms with E-state index in [1.165, 1.54) is 6.26 Å². The van der Waals surface area contributed by atoms with E-state index < -0.39 is 0 Å². The van der Waals surface area contributed by atoms with E-state index in [-0.39, 0.29) is 35.9 Å². The Hall–Kier alpha value is -1.32. The fourth-order valence-electron chi connectivity index (χ4n) is 2.52. The Kier molecular flexibility index (Phi) is 8.97. The minimum absolute atomic E-state index is 0. The summed E-state index contributed by atoms with van der Waals surface area (Å²) in [7, 11) is 0. The Labute approximate surface area is 153 Å². The van der Waals surface area contributed by atoms with Crippen molar-refractivity contribution in [3.63, 3.8) is 0 Å². The van der Waals surface area contributed by atoms with Gasteiger partial charge in [0.15, 0.2) is 5.96 Å². The highest BCUT2D eigenvalue weighted by molar-refractivity contribution is 14.0. The van der Waals surface area contributed by atoms with E-state index in [1.54, 1.807) is 6.07 Å². The summed E-state index contributed by atoms with van der Waals surface area (Å²) in [6.07, 6.45) is 3.37. The molecule has 1 aromatic heterocycles. The van der Waals surface area contributed by atoms with Gasteiger partial charge in [-0.15, -0.1) is 24.0 Å². The first-order chi connectivity index (χ1) is 10.7. The number of aromatic nitrogens is 1. The lowest BCUT2D eigenvalue weighted by atomic mass is 9.98. The molecule has 0 aliphatic carbocycles. The molecule has 1 saturated heterocycles. The van der Waals surface area contributed by atoms with Gasteiger partial charge in [0.05, 0.1) is 19.1 Å². The summed E-state index contributed by atoms with van der Waals surface area (Å²) in [6.45, 7) is 7.05. The van der Waals surface area contributed by atoms with Crippen LogP contribution in [0.15, 0.2) is 21.8 Å². The average Bonchev–Trinajstić information content (AvgIpc) is 3.05. The number of nitrogens with one attached hydrogen (secondary N) is 1. The first-order valence-electron chi connectivity index (χ1n) is 7.83. The van der Waals surface area contributed by atoms with E-state index >= 15 is 0 Å². The van der Waals surface area contributed by atoms with Gasteiger partial charge in [0.1, 0.15) is 12.0 Å². The Morgan fingerprint density at radius 2 is 2.39 bits per heavy atom. The number of hydrogen-bond acceptors (Lipinski definition) is 5. The van der Waals surface area contributed by atoms with Crippen LogP contribution < -0.4 is 5.32 Å². The number of piperidine rings is 1. The molecule has 1 N–H and O–H groups in total. The third-order valence-electron chi connectivity index (χ3n) is 3.56. The maximum absolute atomic E-state index is 11.9. The molecule has 1 aliphatic rings. The second kappa shape index (κ2) is 10.5. The van der Waals surface area contributed by atoms with Gasteiger partial charge in [-0.2, -0.15) is 0 Å². The van der Waals surface area contributed by atoms with Crippen molar-refractivity contribution in [3.8, 4) is 0 Å². The summed E-state index contributed by atoms with van der Waals surface area (Å²) in [4.78, 5) is 18.6. The third-order valence-corrected chi connectivity index (χ3v) is 3.56. The predicted molar refractivity (Wildman–Crippen MR) is 97.7 cm³/mol. The monoisotopic (exact) mass is 436 g/mol. The second-order valence-corrected chi connectivity index (χ2v) is 5.20. The van der Waals surface area contributed by atoms with E-state index in [9.17, 15) is 4.79 Å². The van der Waals surface area contributed by atoms with Crippen LogP contribution in [-0.2, 0) is 16.1 Å². The highest BCUT2D eigenvalue weighted by Crippen LogP contribution is 2.18. The zero-order valence-corrected chi connectivity index (χ0v) is 16.0. The summed E-state index contributed by atoms with van der Waals surface area (Å²) in [5.74, 6) is 0.614. The van der Waals surface area contributed by atoms with Crippen molar-refractivity contribution < 1.29 is 14.1 Å². The molecule has 0 amide bonds. The van der Waals surface area contributed by atoms with E-state index in [0.717, 1.165) is 37.6 Å². The minimum atomic E-state index is -0.112. The lowest BCUT2D eigenvalue weighted by molar-refractivity contribution is -0.149. The molecular formula is C15H25IN4O3. The molecule has 130 valence electrons. The van der Waals surface area contributed by atoms with Crippen LogP contribution in [0.25, 0.3) is 0 Å². The number of ether oxygens (including phenoxy) is 1. The Bertz CT molecular complexity index is 493. The molecule has 2 rings (SSSR count). The van der Waals surface area contributed by atoms with Gasteiger partial charge in [0, 0.05) is 25.7 Å². The van der Waals surface area contributed by atoms with Crippen LogP contribution in [0.3, 0.4) is 0 Å². The Morgan fingerprint density at radius 1 is 1.57 bits per heavy atom. The van der Waals surface area contributed by atoms with E-state index in [2.05, 4.69) is 20.4 Å². The number of hydrogen-bond donors (Lipinski definition) is 1. The molecule has 2 heterocycles. The smallest absolute Gasteiger partial charge is 0.310 e. The van der Waals surface area contributed by atoms with Crippen LogP contribution in [0.4, 0.5) is 0 Å². The second-order valence-electron chi connectivity index (χ2n) is 5.20. The van der Waals surface area contributed by atoms with Crippen molar-refractivity contribution in [2.75, 3.05) is 26.2 Å². The summed E-state index contributed by atoms with van der Waals surface area (Å²) in [6, 6.07) is 1.80. The summed E-state index contributed by atoms with van der Waals surface area (Å²) in [5.41, 5.74) is 0.786. The van der Waals surface area contributed by atoms with Crippen LogP contribution in [-0.4, -0.2) is 48.2 Å². The van der Waals surface area contributed by atoms with Crippen molar-refractivity contribution >= 4 is 35.9 Å². The van der Waals surface area contributed by atoms with Gasteiger partial charge in [0.25, 0.3) is 0 Å². The summed E-state index contributed by atoms with van der Waals surface area (Å²) >= 11 is 0. The fraction of sp³-hybridized carbons (Fsp3) is 0.667. The maximum Gasteiger partial charge on any atom is 0.310 e. The van der Waals surface area contributed by atoms with Crippen LogP contribution in [0.5, 0.6) is 0 Å². The highest BCUT2D eigenvalue weighted by Gasteiger charge is 2.28. The van der Waals surface area contributed by atoms with Gasteiger partial charge in [-0.1, -0.05) is 5.16 Å². The molecule has 0 aromatic carbocycles. The number of aliphatic imine (C=N–C) groups is 1. The number of nitrogens with zero attached hydrogens (tertiary/aromatic N) is 3. The summed E-state index contributed by atoms with van der Waals surface area (Å²) in [5, 5.41) is 7.13. The molecule has 8 heteroatoms. The van der Waals surface area contributed by atoms with Gasteiger partial charge < -0.3 is 19.5 Å². The maximum atomic E-state index is 11.9. The number of carbonyl (C=O) groups is 1. The van der Waals surface area contributed by atoms with Crippen LogP contribution in [0.1, 0.15) is 32.4 Å². The highest BCUT2D eigenvalue weighted by atomic mass is 127. The molecule has 0 radical (unpaired) electrons. The zero-order valence-electron chi connectivity index (χ0n) is 13.7. The molecule has 1 aliphatic heterocycles. The number of halogens is 1. The molecule has 0 saturated carbocycles. The Morgan fingerprint density at radius 3 is 3.04 bits per heavy atom. The first-order valence-corrected chi connectivity index (χ1v) is 7.83. The van der Waals surface area contributed by atoms with Crippen molar-refractivity contribution in [1.29, 1.82) is 0 Å². The molecule has 1 unspecified atom stereocenters. The quantitative estimate of drug-likeness (QED) is 0.330. The van der Waals surface area contributed by atoms with Gasteiger partial charge in [-0.3, -0.25) is 4.79 Å². The number of guanidine groups is 1. The minimum Gasteiger partial charge on any atom is -0.466 e. The van der Waals surface area contributed by atoms with Crippen LogP contribution in [0, 0.1) is 5.92 Å². The van der Waals surface area contributed by atoms with Gasteiger partial charge in [-0.25, -0.2) is 4.99 Å². The molecular weight excluding hydrogens is 411 g/mol. The average molecular weight is 436 g/mol. The van der Waals surface area contributed by atoms with Gasteiger partial charge in [-0.05, 0) is 26.7 Å². The van der Waals surface area contributed by atoms with Crippen molar-refractivity contribution in [2.24, 2.45) is 10.9 Å². The molecule has 1 aromatic rings. The van der Waals surface area contributed by atoms with Gasteiger partial charge in [0.2, 0.25) is 0 Å². The molecule has 1 fully saturated rings. The van der Waals surface area contributed by atoms with Crippen molar-refractivity contribution in [2.45, 2.75) is 33.2 Å². The summed E-state index contributed by atoms with van der Waals surface area (Å²) < 4.78 is 9.95. The molecule has 23 heavy (non-hydrogen) atoms. The number of carbonyl (C=O) groups excluding carboxylic acids is 1. The fourth-order valence-corrected chi connectivity index (χ4v) is 2.52. The lowest BCUT2D eigenvalue weighted by Gasteiger charge is -2.33. The van der Waals surface area contributed by atoms with Gasteiger partial charge >= 0.3 is 5.97 Å². The first kappa shape index (κ1) is 19.7. The molecule has 1 atom stereocenters. The van der Waals surface area contributed by atoms with Crippen LogP contribution >= 0.6 is 24.0 Å². The third kappa shape index (κ3) is 6.00. The molecule has 0 bridgehead atoms.